The van der Waals surface area contributed by atoms with Gasteiger partial charge in [-0.15, -0.1) is 25.2 Å². The Balaban J connectivity index is 0.000000207. The van der Waals surface area contributed by atoms with E-state index in [2.05, 4.69) is 40.3 Å². The van der Waals surface area contributed by atoms with Crippen LogP contribution in [0.3, 0.4) is 0 Å². The summed E-state index contributed by atoms with van der Waals surface area (Å²) in [6, 6.07) is 24.4. The summed E-state index contributed by atoms with van der Waals surface area (Å²) in [4.78, 5) is 2.07. The van der Waals surface area contributed by atoms with Gasteiger partial charge >= 0.3 is 0 Å². The summed E-state index contributed by atoms with van der Waals surface area (Å²) in [6.07, 6.45) is 14.1. The van der Waals surface area contributed by atoms with Gasteiger partial charge in [0.1, 0.15) is 39.3 Å². The van der Waals surface area contributed by atoms with E-state index in [1.807, 2.05) is 60.7 Å². The van der Waals surface area contributed by atoms with Crippen molar-refractivity contribution < 1.29 is 15.4 Å². The standard InChI is InChI=1S/C25H35N3O.C12H9N3O2/c1-3-4-5-6-7-8-9-10-11-12-15-21-18-20(2)19-24(25(21)29)28-26-22-16-13-14-17-23(22)27-28;16-10-7-6-9-12(14-15(17)13-9)11(10)8-4-2-1-3-5-8/h13-14,16-19,29H,3-12,15H2,1-2H3;1-7,16-17H. The van der Waals surface area contributed by atoms with Crippen molar-refractivity contribution in [1.29, 1.82) is 0 Å². The number of hydrogen-bond donors (Lipinski definition) is 3. The predicted octanol–water partition coefficient (Wildman–Crippen LogP) is 8.94. The molecule has 240 valence electrons. The Morgan fingerprint density at radius 1 is 0.630 bits per heavy atom. The van der Waals surface area contributed by atoms with E-state index < -0.39 is 0 Å². The smallest absolute Gasteiger partial charge is 0.146 e. The van der Waals surface area contributed by atoms with Crippen molar-refractivity contribution in [3.05, 3.63) is 90.0 Å². The van der Waals surface area contributed by atoms with Crippen molar-refractivity contribution in [3.63, 3.8) is 0 Å². The van der Waals surface area contributed by atoms with Gasteiger partial charge in [0.2, 0.25) is 0 Å². The maximum absolute atomic E-state index is 10.8. The van der Waals surface area contributed by atoms with Crippen LogP contribution in [0.25, 0.3) is 38.9 Å². The molecule has 0 unspecified atom stereocenters. The SMILES string of the molecule is CCCCCCCCCCCCc1cc(C)cc(-n2nc3ccccc3n2)c1O.Oc1ccc2nn(O)nc2c1-c1ccccc1. The van der Waals surface area contributed by atoms with Crippen LogP contribution in [0.2, 0.25) is 0 Å². The number of aromatic hydroxyl groups is 2. The van der Waals surface area contributed by atoms with Gasteiger partial charge in [-0.3, -0.25) is 0 Å². The summed E-state index contributed by atoms with van der Waals surface area (Å²) < 4.78 is 0. The van der Waals surface area contributed by atoms with Crippen molar-refractivity contribution in [3.8, 4) is 28.3 Å². The minimum absolute atomic E-state index is 0.115. The van der Waals surface area contributed by atoms with Crippen LogP contribution in [0, 0.1) is 6.92 Å². The molecule has 0 fully saturated rings. The molecule has 4 aromatic carbocycles. The minimum atomic E-state index is 0.115. The summed E-state index contributed by atoms with van der Waals surface area (Å²) in [6.45, 7) is 4.33. The molecule has 0 amide bonds. The van der Waals surface area contributed by atoms with Crippen molar-refractivity contribution in [2.75, 3.05) is 0 Å². The largest absolute Gasteiger partial charge is 0.507 e. The number of aryl methyl sites for hydroxylation is 2. The highest BCUT2D eigenvalue weighted by atomic mass is 16.5. The molecular weight excluding hydrogens is 576 g/mol. The van der Waals surface area contributed by atoms with Crippen molar-refractivity contribution in [2.45, 2.75) is 84.5 Å². The normalized spacial score (nSPS) is 11.2. The first-order valence-corrected chi connectivity index (χ1v) is 16.4. The topological polar surface area (TPSA) is 122 Å². The Morgan fingerprint density at radius 2 is 1.24 bits per heavy atom. The molecule has 0 radical (unpaired) electrons. The van der Waals surface area contributed by atoms with Crippen LogP contribution in [0.4, 0.5) is 0 Å². The second kappa shape index (κ2) is 15.9. The molecule has 0 aliphatic carbocycles. The number of hydrogen-bond acceptors (Lipinski definition) is 7. The summed E-state index contributed by atoms with van der Waals surface area (Å²) in [5, 5.41) is 46.7. The van der Waals surface area contributed by atoms with Crippen LogP contribution >= 0.6 is 0 Å². The summed E-state index contributed by atoms with van der Waals surface area (Å²) in [5.74, 6) is 0.427. The molecule has 0 spiro atoms. The molecule has 9 heteroatoms. The van der Waals surface area contributed by atoms with E-state index in [0.717, 1.165) is 40.6 Å². The molecule has 0 saturated carbocycles. The lowest BCUT2D eigenvalue weighted by Gasteiger charge is -2.11. The Hall–Kier alpha value is -4.92. The molecule has 0 bridgehead atoms. The van der Waals surface area contributed by atoms with E-state index in [0.29, 0.717) is 33.0 Å². The van der Waals surface area contributed by atoms with Gasteiger partial charge in [0.05, 0.1) is 5.56 Å². The van der Waals surface area contributed by atoms with Crippen molar-refractivity contribution in [1.82, 2.24) is 30.2 Å². The number of unbranched alkanes of at least 4 members (excludes halogenated alkanes) is 9. The number of rotatable bonds is 13. The maximum Gasteiger partial charge on any atom is 0.146 e. The van der Waals surface area contributed by atoms with Crippen molar-refractivity contribution >= 4 is 22.1 Å². The first-order chi connectivity index (χ1) is 22.4. The molecule has 0 atom stereocenters. The highest BCUT2D eigenvalue weighted by molar-refractivity contribution is 5.94. The monoisotopic (exact) mass is 620 g/mol. The van der Waals surface area contributed by atoms with Crippen LogP contribution in [-0.4, -0.2) is 45.6 Å². The van der Waals surface area contributed by atoms with Crippen LogP contribution in [0.1, 0.15) is 82.3 Å². The molecule has 46 heavy (non-hydrogen) atoms. The maximum atomic E-state index is 10.8. The summed E-state index contributed by atoms with van der Waals surface area (Å²) in [5.41, 5.74) is 6.88. The molecule has 3 N–H and O–H groups in total. The highest BCUT2D eigenvalue weighted by Gasteiger charge is 2.15. The van der Waals surface area contributed by atoms with Gasteiger partial charge < -0.3 is 15.4 Å². The van der Waals surface area contributed by atoms with E-state index in [-0.39, 0.29) is 5.75 Å². The fourth-order valence-corrected chi connectivity index (χ4v) is 5.80. The Labute approximate surface area is 270 Å². The van der Waals surface area contributed by atoms with Gasteiger partial charge in [-0.05, 0) is 71.7 Å². The van der Waals surface area contributed by atoms with E-state index in [1.54, 1.807) is 16.9 Å². The fraction of sp³-hybridized carbons (Fsp3) is 0.351. The first-order valence-electron chi connectivity index (χ1n) is 16.4. The number of fused-ring (bicyclic) bond motifs is 2. The predicted molar refractivity (Wildman–Crippen MR) is 183 cm³/mol. The van der Waals surface area contributed by atoms with Crippen molar-refractivity contribution in [2.24, 2.45) is 0 Å². The van der Waals surface area contributed by atoms with Crippen LogP contribution < -0.4 is 0 Å². The lowest BCUT2D eigenvalue weighted by Crippen LogP contribution is -2.02. The Bertz CT molecular complexity index is 1810. The average Bonchev–Trinajstić information content (AvgIpc) is 3.67. The number of nitrogens with zero attached hydrogens (tertiary/aromatic N) is 6. The van der Waals surface area contributed by atoms with Gasteiger partial charge in [-0.1, -0.05) is 113 Å². The second-order valence-corrected chi connectivity index (χ2v) is 11.9. The quantitative estimate of drug-likeness (QED) is 0.0870. The molecule has 6 rings (SSSR count). The van der Waals surface area contributed by atoms with Crippen LogP contribution in [0.15, 0.2) is 78.9 Å². The number of aromatic nitrogens is 6. The molecule has 0 aliphatic heterocycles. The minimum Gasteiger partial charge on any atom is -0.507 e. The van der Waals surface area contributed by atoms with E-state index >= 15 is 0 Å². The van der Waals surface area contributed by atoms with Gasteiger partial charge in [0.15, 0.2) is 0 Å². The van der Waals surface area contributed by atoms with Gasteiger partial charge in [0.25, 0.3) is 0 Å². The molecule has 2 aromatic heterocycles. The summed E-state index contributed by atoms with van der Waals surface area (Å²) in [7, 11) is 0. The van der Waals surface area contributed by atoms with Crippen LogP contribution in [0.5, 0.6) is 11.5 Å². The number of phenolic OH excluding ortho intramolecular Hbond substituents is 2. The van der Waals surface area contributed by atoms with E-state index in [4.69, 9.17) is 0 Å². The Morgan fingerprint density at radius 3 is 1.89 bits per heavy atom. The molecule has 9 nitrogen and oxygen atoms in total. The third kappa shape index (κ3) is 8.21. The molecule has 6 aromatic rings. The molecule has 2 heterocycles. The zero-order chi connectivity index (χ0) is 32.3. The number of benzene rings is 4. The zero-order valence-electron chi connectivity index (χ0n) is 26.8. The van der Waals surface area contributed by atoms with Crippen LogP contribution in [-0.2, 0) is 6.42 Å². The number of phenols is 2. The second-order valence-electron chi connectivity index (χ2n) is 11.9. The molecule has 0 aliphatic rings. The van der Waals surface area contributed by atoms with E-state index in [9.17, 15) is 15.4 Å². The summed E-state index contributed by atoms with van der Waals surface area (Å²) >= 11 is 0. The lowest BCUT2D eigenvalue weighted by molar-refractivity contribution is 0.113. The van der Waals surface area contributed by atoms with Gasteiger partial charge in [0, 0.05) is 0 Å². The van der Waals surface area contributed by atoms with Gasteiger partial charge in [-0.25, -0.2) is 0 Å². The zero-order valence-corrected chi connectivity index (χ0v) is 26.8. The highest BCUT2D eigenvalue weighted by Crippen LogP contribution is 2.34. The van der Waals surface area contributed by atoms with Gasteiger partial charge in [-0.2, -0.15) is 0 Å². The third-order valence-electron chi connectivity index (χ3n) is 8.20. The molecular formula is C37H44N6O3. The average molecular weight is 621 g/mol. The Kier molecular flexibility index (Phi) is 11.2. The lowest BCUT2D eigenvalue weighted by atomic mass is 10.0. The van der Waals surface area contributed by atoms with E-state index in [1.165, 1.54) is 57.8 Å². The fourth-order valence-electron chi connectivity index (χ4n) is 5.80. The third-order valence-corrected chi connectivity index (χ3v) is 8.20. The molecule has 0 saturated heterocycles. The first kappa shape index (κ1) is 32.5.